The number of nitrogens with zero attached hydrogens (tertiary/aromatic N) is 3. The first-order chi connectivity index (χ1) is 7.41. The number of carbonyl (C=O) groups excluding carboxylic acids is 1. The molecule has 16 heavy (non-hydrogen) atoms. The van der Waals surface area contributed by atoms with Crippen LogP contribution in [0.2, 0.25) is 5.15 Å². The van der Waals surface area contributed by atoms with Crippen molar-refractivity contribution in [1.82, 2.24) is 15.4 Å². The molecule has 0 radical (unpaired) electrons. The summed E-state index contributed by atoms with van der Waals surface area (Å²) < 4.78 is 0. The van der Waals surface area contributed by atoms with Crippen molar-refractivity contribution < 1.29 is 9.72 Å². The van der Waals surface area contributed by atoms with Crippen molar-refractivity contribution in [2.24, 2.45) is 0 Å². The Kier molecular flexibility index (Phi) is 3.75. The van der Waals surface area contributed by atoms with Gasteiger partial charge in [0.1, 0.15) is 11.3 Å². The van der Waals surface area contributed by atoms with E-state index in [2.05, 4.69) is 10.4 Å². The van der Waals surface area contributed by atoms with Crippen molar-refractivity contribution in [2.75, 3.05) is 14.1 Å². The summed E-state index contributed by atoms with van der Waals surface area (Å²) in [6.45, 7) is 0. The van der Waals surface area contributed by atoms with Gasteiger partial charge in [0.05, 0.1) is 10.5 Å². The van der Waals surface area contributed by atoms with Gasteiger partial charge < -0.3 is 0 Å². The summed E-state index contributed by atoms with van der Waals surface area (Å²) in [4.78, 5) is 25.0. The largest absolute Gasteiger partial charge is 0.288 e. The summed E-state index contributed by atoms with van der Waals surface area (Å²) in [6, 6.07) is 1.08. The first-order valence-electron chi connectivity index (χ1n) is 4.20. The van der Waals surface area contributed by atoms with Gasteiger partial charge in [-0.25, -0.2) is 9.99 Å². The number of nitro groups is 1. The summed E-state index contributed by atoms with van der Waals surface area (Å²) in [5.41, 5.74) is 2.09. The first-order valence-corrected chi connectivity index (χ1v) is 4.58. The smallest absolute Gasteiger partial charge is 0.285 e. The van der Waals surface area contributed by atoms with E-state index in [9.17, 15) is 14.9 Å². The van der Waals surface area contributed by atoms with E-state index >= 15 is 0 Å². The van der Waals surface area contributed by atoms with E-state index in [0.29, 0.717) is 0 Å². The molecule has 0 atom stereocenters. The quantitative estimate of drug-likeness (QED) is 0.484. The Balaban J connectivity index is 3.07. The monoisotopic (exact) mass is 244 g/mol. The van der Waals surface area contributed by atoms with Crippen LogP contribution in [0.25, 0.3) is 0 Å². The minimum Gasteiger partial charge on any atom is -0.285 e. The number of carbonyl (C=O) groups is 1. The van der Waals surface area contributed by atoms with E-state index in [1.807, 2.05) is 0 Å². The van der Waals surface area contributed by atoms with Gasteiger partial charge in [-0.1, -0.05) is 11.6 Å². The number of hydrazine groups is 1. The third-order valence-corrected chi connectivity index (χ3v) is 1.91. The standard InChI is InChI=1S/C8H9ClN4O3/c1-12(2)11-8(14)6-3-5(13(15)16)4-10-7(6)9/h3-4H,1-2H3,(H,11,14). The third kappa shape index (κ3) is 2.88. The van der Waals surface area contributed by atoms with Crippen LogP contribution in [0.5, 0.6) is 0 Å². The molecule has 1 aromatic heterocycles. The van der Waals surface area contributed by atoms with Crippen LogP contribution in [0.1, 0.15) is 10.4 Å². The fraction of sp³-hybridized carbons (Fsp3) is 0.250. The lowest BCUT2D eigenvalue weighted by Crippen LogP contribution is -2.36. The van der Waals surface area contributed by atoms with Crippen LogP contribution < -0.4 is 5.43 Å². The molecule has 0 spiro atoms. The van der Waals surface area contributed by atoms with Gasteiger partial charge in [-0.2, -0.15) is 0 Å². The molecule has 1 aromatic rings. The molecule has 0 unspecified atom stereocenters. The Morgan fingerprint density at radius 1 is 1.62 bits per heavy atom. The lowest BCUT2D eigenvalue weighted by atomic mass is 10.2. The number of amides is 1. The normalized spacial score (nSPS) is 10.2. The van der Waals surface area contributed by atoms with E-state index < -0.39 is 10.8 Å². The van der Waals surface area contributed by atoms with Gasteiger partial charge in [0, 0.05) is 20.2 Å². The highest BCUT2D eigenvalue weighted by atomic mass is 35.5. The van der Waals surface area contributed by atoms with Crippen molar-refractivity contribution in [3.05, 3.63) is 33.1 Å². The van der Waals surface area contributed by atoms with Crippen molar-refractivity contribution in [3.63, 3.8) is 0 Å². The second-order valence-corrected chi connectivity index (χ2v) is 3.48. The highest BCUT2D eigenvalue weighted by Crippen LogP contribution is 2.18. The second-order valence-electron chi connectivity index (χ2n) is 3.12. The molecule has 1 heterocycles. The third-order valence-electron chi connectivity index (χ3n) is 1.61. The zero-order chi connectivity index (χ0) is 12.3. The van der Waals surface area contributed by atoms with Crippen molar-refractivity contribution >= 4 is 23.2 Å². The topological polar surface area (TPSA) is 88.4 Å². The Bertz CT molecular complexity index is 435. The molecule has 1 rings (SSSR count). The number of pyridine rings is 1. The van der Waals surface area contributed by atoms with Crippen LogP contribution in [0, 0.1) is 10.1 Å². The molecule has 0 saturated carbocycles. The molecule has 0 aliphatic carbocycles. The maximum atomic E-state index is 11.6. The average molecular weight is 245 g/mol. The van der Waals surface area contributed by atoms with E-state index in [-0.39, 0.29) is 16.4 Å². The Labute approximate surface area is 96.1 Å². The highest BCUT2D eigenvalue weighted by Gasteiger charge is 2.17. The van der Waals surface area contributed by atoms with Crippen LogP contribution in [0.3, 0.4) is 0 Å². The minimum absolute atomic E-state index is 0.0374. The van der Waals surface area contributed by atoms with Gasteiger partial charge in [0.25, 0.3) is 11.6 Å². The molecular formula is C8H9ClN4O3. The molecule has 0 aliphatic rings. The Morgan fingerprint density at radius 3 is 2.75 bits per heavy atom. The molecule has 1 amide bonds. The predicted molar refractivity (Wildman–Crippen MR) is 57.1 cm³/mol. The van der Waals surface area contributed by atoms with Crippen LogP contribution in [-0.4, -0.2) is 34.9 Å². The van der Waals surface area contributed by atoms with Crippen molar-refractivity contribution in [2.45, 2.75) is 0 Å². The van der Waals surface area contributed by atoms with Gasteiger partial charge in [0.2, 0.25) is 0 Å². The molecule has 0 aliphatic heterocycles. The molecule has 7 nitrogen and oxygen atoms in total. The van der Waals surface area contributed by atoms with Crippen molar-refractivity contribution in [1.29, 1.82) is 0 Å². The number of nitrogens with one attached hydrogen (secondary N) is 1. The molecule has 0 fully saturated rings. The number of rotatable bonds is 3. The summed E-state index contributed by atoms with van der Waals surface area (Å²) in [6.07, 6.45) is 0.995. The van der Waals surface area contributed by atoms with E-state index in [0.717, 1.165) is 12.3 Å². The zero-order valence-corrected chi connectivity index (χ0v) is 9.35. The molecule has 8 heteroatoms. The van der Waals surface area contributed by atoms with E-state index in [1.54, 1.807) is 14.1 Å². The molecule has 86 valence electrons. The fourth-order valence-electron chi connectivity index (χ4n) is 0.959. The fourth-order valence-corrected chi connectivity index (χ4v) is 1.15. The van der Waals surface area contributed by atoms with Crippen LogP contribution in [-0.2, 0) is 0 Å². The lowest BCUT2D eigenvalue weighted by Gasteiger charge is -2.11. The Hall–Kier alpha value is -1.73. The second kappa shape index (κ2) is 4.86. The predicted octanol–water partition coefficient (Wildman–Crippen LogP) is 0.850. The molecule has 0 bridgehead atoms. The lowest BCUT2D eigenvalue weighted by molar-refractivity contribution is -0.385. The number of aromatic nitrogens is 1. The van der Waals surface area contributed by atoms with Gasteiger partial charge in [-0.15, -0.1) is 0 Å². The van der Waals surface area contributed by atoms with Crippen LogP contribution in [0.15, 0.2) is 12.3 Å². The summed E-state index contributed by atoms with van der Waals surface area (Å²) in [5.74, 6) is -0.550. The number of hydrogen-bond donors (Lipinski definition) is 1. The van der Waals surface area contributed by atoms with Crippen LogP contribution >= 0.6 is 11.6 Å². The SMILES string of the molecule is CN(C)NC(=O)c1cc([N+](=O)[O-])cnc1Cl. The number of halogens is 1. The molecular weight excluding hydrogens is 236 g/mol. The Morgan fingerprint density at radius 2 is 2.25 bits per heavy atom. The summed E-state index contributed by atoms with van der Waals surface area (Å²) >= 11 is 5.67. The van der Waals surface area contributed by atoms with Crippen LogP contribution in [0.4, 0.5) is 5.69 Å². The van der Waals surface area contributed by atoms with Gasteiger partial charge in [-0.05, 0) is 0 Å². The van der Waals surface area contributed by atoms with Gasteiger partial charge in [-0.3, -0.25) is 20.3 Å². The van der Waals surface area contributed by atoms with Gasteiger partial charge in [0.15, 0.2) is 0 Å². The maximum absolute atomic E-state index is 11.6. The van der Waals surface area contributed by atoms with E-state index in [1.165, 1.54) is 5.01 Å². The highest BCUT2D eigenvalue weighted by molar-refractivity contribution is 6.32. The molecule has 0 aromatic carbocycles. The zero-order valence-electron chi connectivity index (χ0n) is 8.60. The minimum atomic E-state index is -0.643. The van der Waals surface area contributed by atoms with Gasteiger partial charge >= 0.3 is 0 Å². The summed E-state index contributed by atoms with van der Waals surface area (Å²) in [7, 11) is 3.22. The average Bonchev–Trinajstić information content (AvgIpc) is 2.16. The van der Waals surface area contributed by atoms with E-state index in [4.69, 9.17) is 11.6 Å². The summed E-state index contributed by atoms with van der Waals surface area (Å²) in [5, 5.41) is 11.8. The molecule has 1 N–H and O–H groups in total. The van der Waals surface area contributed by atoms with Crippen molar-refractivity contribution in [3.8, 4) is 0 Å². The number of hydrogen-bond acceptors (Lipinski definition) is 5. The molecule has 0 saturated heterocycles. The first kappa shape index (κ1) is 12.3. The maximum Gasteiger partial charge on any atom is 0.288 e.